The Kier molecular flexibility index (Phi) is 3.73. The van der Waals surface area contributed by atoms with Gasteiger partial charge in [-0.3, -0.25) is 4.98 Å². The molecule has 3 rings (SSSR count). The summed E-state index contributed by atoms with van der Waals surface area (Å²) in [6.45, 7) is 0.710. The third kappa shape index (κ3) is 2.70. The second-order valence-electron chi connectivity index (χ2n) is 4.54. The minimum absolute atomic E-state index is 0.0292. The van der Waals surface area contributed by atoms with Gasteiger partial charge < -0.3 is 14.8 Å². The molecule has 1 fully saturated rings. The molecule has 2 aromatic rings. The van der Waals surface area contributed by atoms with Crippen LogP contribution in [0.1, 0.15) is 18.1 Å². The summed E-state index contributed by atoms with van der Waals surface area (Å²) in [6, 6.07) is 5.78. The van der Waals surface area contributed by atoms with Crippen molar-refractivity contribution in [3.05, 3.63) is 42.4 Å². The zero-order valence-electron chi connectivity index (χ0n) is 11.2. The summed E-state index contributed by atoms with van der Waals surface area (Å²) in [5, 5.41) is 3.31. The van der Waals surface area contributed by atoms with Crippen LogP contribution in [0.3, 0.4) is 0 Å². The van der Waals surface area contributed by atoms with Crippen LogP contribution in [0, 0.1) is 0 Å². The summed E-state index contributed by atoms with van der Waals surface area (Å²) >= 11 is 0. The van der Waals surface area contributed by atoms with Gasteiger partial charge in [-0.2, -0.15) is 4.98 Å². The Morgan fingerprint density at radius 2 is 2.30 bits per heavy atom. The van der Waals surface area contributed by atoms with Crippen LogP contribution in [-0.4, -0.2) is 34.7 Å². The van der Waals surface area contributed by atoms with E-state index in [0.29, 0.717) is 18.4 Å². The summed E-state index contributed by atoms with van der Waals surface area (Å²) in [5.74, 6) is 1.09. The average Bonchev–Trinajstić information content (AvgIpc) is 2.96. The van der Waals surface area contributed by atoms with E-state index in [0.717, 1.165) is 12.0 Å². The second-order valence-corrected chi connectivity index (χ2v) is 4.54. The maximum absolute atomic E-state index is 5.79. The minimum atomic E-state index is -0.0292. The Bertz CT molecular complexity index is 564. The van der Waals surface area contributed by atoms with Gasteiger partial charge in [-0.25, -0.2) is 4.98 Å². The first-order valence-corrected chi connectivity index (χ1v) is 6.52. The molecule has 0 aliphatic carbocycles. The maximum atomic E-state index is 5.79. The van der Waals surface area contributed by atoms with E-state index in [1.807, 2.05) is 18.3 Å². The molecule has 0 aromatic carbocycles. The van der Waals surface area contributed by atoms with Gasteiger partial charge in [-0.05, 0) is 12.5 Å². The normalized spacial score (nSPS) is 21.6. The van der Waals surface area contributed by atoms with Crippen molar-refractivity contribution in [2.45, 2.75) is 18.6 Å². The molecule has 0 amide bonds. The Morgan fingerprint density at radius 1 is 1.35 bits per heavy atom. The van der Waals surface area contributed by atoms with E-state index in [4.69, 9.17) is 9.47 Å². The molecular formula is C14H16N4O2. The Labute approximate surface area is 117 Å². The lowest BCUT2D eigenvalue weighted by molar-refractivity contribution is 0.107. The molecule has 2 aromatic heterocycles. The van der Waals surface area contributed by atoms with E-state index in [-0.39, 0.29) is 12.1 Å². The average molecular weight is 272 g/mol. The van der Waals surface area contributed by atoms with E-state index in [9.17, 15) is 0 Å². The highest BCUT2D eigenvalue weighted by Crippen LogP contribution is 2.30. The molecule has 0 saturated carbocycles. The van der Waals surface area contributed by atoms with Crippen molar-refractivity contribution < 1.29 is 9.47 Å². The molecule has 20 heavy (non-hydrogen) atoms. The Balaban J connectivity index is 1.76. The van der Waals surface area contributed by atoms with E-state index >= 15 is 0 Å². The predicted molar refractivity (Wildman–Crippen MR) is 73.5 cm³/mol. The quantitative estimate of drug-likeness (QED) is 0.915. The van der Waals surface area contributed by atoms with Crippen molar-refractivity contribution in [1.29, 1.82) is 0 Å². The number of nitrogens with one attached hydrogen (secondary N) is 1. The molecule has 0 bridgehead atoms. The van der Waals surface area contributed by atoms with Crippen molar-refractivity contribution in [2.75, 3.05) is 19.0 Å². The first-order chi connectivity index (χ1) is 9.86. The largest absolute Gasteiger partial charge is 0.481 e. The number of rotatable bonds is 4. The van der Waals surface area contributed by atoms with Gasteiger partial charge in [-0.15, -0.1) is 0 Å². The van der Waals surface area contributed by atoms with Crippen LogP contribution in [0.15, 0.2) is 36.8 Å². The Morgan fingerprint density at radius 3 is 3.10 bits per heavy atom. The smallest absolute Gasteiger partial charge is 0.226 e. The minimum Gasteiger partial charge on any atom is -0.481 e. The molecule has 0 spiro atoms. The first kappa shape index (κ1) is 12.8. The van der Waals surface area contributed by atoms with E-state index in [1.54, 1.807) is 25.6 Å². The number of anilines is 1. The monoisotopic (exact) mass is 272 g/mol. The number of pyridine rings is 1. The van der Waals surface area contributed by atoms with E-state index < -0.39 is 0 Å². The van der Waals surface area contributed by atoms with Crippen molar-refractivity contribution in [2.24, 2.45) is 0 Å². The summed E-state index contributed by atoms with van der Waals surface area (Å²) in [5.41, 5.74) is 1.06. The van der Waals surface area contributed by atoms with Gasteiger partial charge in [0.15, 0.2) is 0 Å². The molecule has 1 aliphatic heterocycles. The maximum Gasteiger partial charge on any atom is 0.226 e. The van der Waals surface area contributed by atoms with E-state index in [1.165, 1.54) is 0 Å². The molecule has 1 aliphatic rings. The fraction of sp³-hybridized carbons (Fsp3) is 0.357. The number of ether oxygens (including phenoxy) is 2. The van der Waals surface area contributed by atoms with Crippen LogP contribution in [0.5, 0.6) is 5.88 Å². The fourth-order valence-corrected chi connectivity index (χ4v) is 2.30. The molecular weight excluding hydrogens is 256 g/mol. The highest BCUT2D eigenvalue weighted by molar-refractivity contribution is 5.31. The van der Waals surface area contributed by atoms with Gasteiger partial charge in [0.05, 0.1) is 13.2 Å². The van der Waals surface area contributed by atoms with Crippen molar-refractivity contribution >= 4 is 5.95 Å². The third-order valence-electron chi connectivity index (χ3n) is 3.26. The molecule has 1 saturated heterocycles. The lowest BCUT2D eigenvalue weighted by Crippen LogP contribution is -2.24. The van der Waals surface area contributed by atoms with Gasteiger partial charge in [0.1, 0.15) is 6.10 Å². The SMILES string of the molecule is COc1ccnc(N[C@H]2CCO[C@@H]2c2cccnc2)n1. The highest BCUT2D eigenvalue weighted by atomic mass is 16.5. The van der Waals surface area contributed by atoms with Crippen LogP contribution < -0.4 is 10.1 Å². The van der Waals surface area contributed by atoms with Gasteiger partial charge >= 0.3 is 0 Å². The van der Waals surface area contributed by atoms with E-state index in [2.05, 4.69) is 20.3 Å². The van der Waals surface area contributed by atoms with Gasteiger partial charge in [-0.1, -0.05) is 6.07 Å². The zero-order valence-corrected chi connectivity index (χ0v) is 11.2. The number of aromatic nitrogens is 3. The van der Waals surface area contributed by atoms with Crippen molar-refractivity contribution in [3.63, 3.8) is 0 Å². The molecule has 2 atom stereocenters. The number of hydrogen-bond donors (Lipinski definition) is 1. The number of hydrogen-bond acceptors (Lipinski definition) is 6. The lowest BCUT2D eigenvalue weighted by Gasteiger charge is -2.19. The first-order valence-electron chi connectivity index (χ1n) is 6.52. The molecule has 3 heterocycles. The van der Waals surface area contributed by atoms with Crippen LogP contribution in [0.4, 0.5) is 5.95 Å². The second kappa shape index (κ2) is 5.83. The molecule has 6 nitrogen and oxygen atoms in total. The molecule has 104 valence electrons. The summed E-state index contributed by atoms with van der Waals surface area (Å²) in [7, 11) is 1.59. The van der Waals surface area contributed by atoms with Crippen LogP contribution >= 0.6 is 0 Å². The van der Waals surface area contributed by atoms with Gasteiger partial charge in [0.2, 0.25) is 11.8 Å². The predicted octanol–water partition coefficient (Wildman–Crippen LogP) is 1.82. The van der Waals surface area contributed by atoms with Crippen molar-refractivity contribution in [1.82, 2.24) is 15.0 Å². The van der Waals surface area contributed by atoms with Crippen molar-refractivity contribution in [3.8, 4) is 5.88 Å². The highest BCUT2D eigenvalue weighted by Gasteiger charge is 2.30. The lowest BCUT2D eigenvalue weighted by atomic mass is 10.0. The number of methoxy groups -OCH3 is 1. The third-order valence-corrected chi connectivity index (χ3v) is 3.26. The van der Waals surface area contributed by atoms with Gasteiger partial charge in [0, 0.05) is 36.8 Å². The fourth-order valence-electron chi connectivity index (χ4n) is 2.30. The molecule has 0 unspecified atom stereocenters. The summed E-state index contributed by atoms with van der Waals surface area (Å²) < 4.78 is 10.9. The molecule has 0 radical (unpaired) electrons. The summed E-state index contributed by atoms with van der Waals surface area (Å²) in [6.07, 6.45) is 6.13. The molecule has 1 N–H and O–H groups in total. The number of nitrogens with zero attached hydrogens (tertiary/aromatic N) is 3. The van der Waals surface area contributed by atoms with Crippen LogP contribution in [0.2, 0.25) is 0 Å². The van der Waals surface area contributed by atoms with Crippen LogP contribution in [0.25, 0.3) is 0 Å². The van der Waals surface area contributed by atoms with Gasteiger partial charge in [0.25, 0.3) is 0 Å². The van der Waals surface area contributed by atoms with Crippen LogP contribution in [-0.2, 0) is 4.74 Å². The Hall–Kier alpha value is -2.21. The zero-order chi connectivity index (χ0) is 13.8. The topological polar surface area (TPSA) is 69.2 Å². The summed E-state index contributed by atoms with van der Waals surface area (Å²) in [4.78, 5) is 12.6. The molecule has 6 heteroatoms. The standard InChI is InChI=1S/C14H16N4O2/c1-19-12-4-7-16-14(18-12)17-11-5-8-20-13(11)10-3-2-6-15-9-10/h2-4,6-7,9,11,13H,5,8H2,1H3,(H,16,17,18)/t11-,13+/m0/s1.